The van der Waals surface area contributed by atoms with Crippen molar-refractivity contribution in [2.24, 2.45) is 5.84 Å². The summed E-state index contributed by atoms with van der Waals surface area (Å²) in [4.78, 5) is 11.6. The standard InChI is InChI=1S/C10H18N4O2.ClH/c1-4-5-6(2)8-7(3)16-13-9(8)10(15)12-14-11;/h6,14H,4-5,11H2,1-3H3,(H,12,15);1H. The summed E-state index contributed by atoms with van der Waals surface area (Å²) in [6.07, 6.45) is 2.03. The molecule has 1 unspecified atom stereocenters. The molecule has 1 atom stereocenters. The van der Waals surface area contributed by atoms with E-state index in [-0.39, 0.29) is 24.2 Å². The van der Waals surface area contributed by atoms with Crippen molar-refractivity contribution in [3.8, 4) is 0 Å². The first-order chi connectivity index (χ1) is 7.61. The van der Waals surface area contributed by atoms with E-state index in [0.29, 0.717) is 11.5 Å². The molecule has 17 heavy (non-hydrogen) atoms. The van der Waals surface area contributed by atoms with Crippen LogP contribution in [0.5, 0.6) is 0 Å². The average molecular weight is 263 g/mol. The molecule has 4 N–H and O–H groups in total. The first-order valence-corrected chi connectivity index (χ1v) is 5.33. The van der Waals surface area contributed by atoms with Gasteiger partial charge in [0.1, 0.15) is 5.76 Å². The van der Waals surface area contributed by atoms with E-state index in [1.54, 1.807) is 6.92 Å². The van der Waals surface area contributed by atoms with Crippen molar-refractivity contribution in [2.45, 2.75) is 39.5 Å². The van der Waals surface area contributed by atoms with Gasteiger partial charge in [0.05, 0.1) is 0 Å². The van der Waals surface area contributed by atoms with Crippen molar-refractivity contribution in [1.82, 2.24) is 16.1 Å². The zero-order chi connectivity index (χ0) is 12.1. The van der Waals surface area contributed by atoms with Gasteiger partial charge in [0.15, 0.2) is 5.69 Å². The summed E-state index contributed by atoms with van der Waals surface area (Å²) in [6.45, 7) is 5.96. The predicted molar refractivity (Wildman–Crippen MR) is 66.6 cm³/mol. The molecular formula is C10H19ClN4O2. The molecule has 98 valence electrons. The quantitative estimate of drug-likeness (QED) is 0.551. The minimum atomic E-state index is -0.377. The van der Waals surface area contributed by atoms with Crippen LogP contribution in [0.1, 0.15) is 54.4 Å². The molecule has 7 heteroatoms. The molecule has 0 aliphatic rings. The monoisotopic (exact) mass is 262 g/mol. The molecule has 0 saturated carbocycles. The van der Waals surface area contributed by atoms with Crippen molar-refractivity contribution in [2.75, 3.05) is 0 Å². The largest absolute Gasteiger partial charge is 0.361 e. The van der Waals surface area contributed by atoms with Gasteiger partial charge < -0.3 is 4.52 Å². The smallest absolute Gasteiger partial charge is 0.288 e. The SMILES string of the molecule is CCCC(C)c1c(C(=O)NNN)noc1C.Cl. The maximum atomic E-state index is 11.6. The highest BCUT2D eigenvalue weighted by Gasteiger charge is 2.23. The van der Waals surface area contributed by atoms with Crippen LogP contribution in [0.3, 0.4) is 0 Å². The third-order valence-corrected chi connectivity index (χ3v) is 2.52. The fraction of sp³-hybridized carbons (Fsp3) is 0.600. The molecule has 0 spiro atoms. The number of hydrazine groups is 2. The van der Waals surface area contributed by atoms with Crippen molar-refractivity contribution >= 4 is 18.3 Å². The van der Waals surface area contributed by atoms with E-state index in [1.165, 1.54) is 0 Å². The Kier molecular flexibility index (Phi) is 6.79. The molecular weight excluding hydrogens is 244 g/mol. The number of amides is 1. The van der Waals surface area contributed by atoms with E-state index in [4.69, 9.17) is 10.4 Å². The first-order valence-electron chi connectivity index (χ1n) is 5.33. The van der Waals surface area contributed by atoms with Crippen LogP contribution in [0.15, 0.2) is 4.52 Å². The third-order valence-electron chi connectivity index (χ3n) is 2.52. The van der Waals surface area contributed by atoms with Crippen molar-refractivity contribution in [3.05, 3.63) is 17.0 Å². The Hall–Kier alpha value is -1.11. The Morgan fingerprint density at radius 3 is 2.76 bits per heavy atom. The minimum Gasteiger partial charge on any atom is -0.361 e. The van der Waals surface area contributed by atoms with Gasteiger partial charge in [0, 0.05) is 5.56 Å². The van der Waals surface area contributed by atoms with Crippen LogP contribution in [-0.2, 0) is 0 Å². The van der Waals surface area contributed by atoms with E-state index in [9.17, 15) is 4.79 Å². The summed E-state index contributed by atoms with van der Waals surface area (Å²) in [6, 6.07) is 0. The molecule has 0 aliphatic heterocycles. The maximum absolute atomic E-state index is 11.6. The Morgan fingerprint density at radius 1 is 1.59 bits per heavy atom. The number of nitrogens with zero attached hydrogens (tertiary/aromatic N) is 1. The number of hydrogen-bond donors (Lipinski definition) is 3. The number of nitrogens with two attached hydrogens (primary N) is 1. The van der Waals surface area contributed by atoms with Crippen LogP contribution in [0.2, 0.25) is 0 Å². The fourth-order valence-electron chi connectivity index (χ4n) is 1.83. The molecule has 0 bridgehead atoms. The van der Waals surface area contributed by atoms with Gasteiger partial charge >= 0.3 is 0 Å². The van der Waals surface area contributed by atoms with E-state index < -0.39 is 0 Å². The Bertz CT molecular complexity index is 367. The number of hydrogen-bond acceptors (Lipinski definition) is 5. The fourth-order valence-corrected chi connectivity index (χ4v) is 1.83. The molecule has 6 nitrogen and oxygen atoms in total. The summed E-state index contributed by atoms with van der Waals surface area (Å²) in [5, 5.41) is 3.75. The van der Waals surface area contributed by atoms with E-state index in [2.05, 4.69) is 30.0 Å². The highest BCUT2D eigenvalue weighted by molar-refractivity contribution is 5.93. The molecule has 1 rings (SSSR count). The highest BCUT2D eigenvalue weighted by atomic mass is 35.5. The molecule has 0 saturated heterocycles. The maximum Gasteiger partial charge on any atom is 0.288 e. The van der Waals surface area contributed by atoms with E-state index in [0.717, 1.165) is 18.4 Å². The lowest BCUT2D eigenvalue weighted by atomic mass is 9.94. The van der Waals surface area contributed by atoms with Gasteiger partial charge in [0.2, 0.25) is 0 Å². The van der Waals surface area contributed by atoms with Crippen LogP contribution in [0, 0.1) is 6.92 Å². The molecule has 0 aliphatic carbocycles. The third kappa shape index (κ3) is 3.69. The van der Waals surface area contributed by atoms with Crippen LogP contribution < -0.4 is 16.8 Å². The van der Waals surface area contributed by atoms with Crippen LogP contribution in [0.4, 0.5) is 0 Å². The zero-order valence-electron chi connectivity index (χ0n) is 10.2. The first kappa shape index (κ1) is 15.9. The average Bonchev–Trinajstić information content (AvgIpc) is 2.61. The second kappa shape index (κ2) is 7.26. The predicted octanol–water partition coefficient (Wildman–Crippen LogP) is 1.42. The Balaban J connectivity index is 0.00000256. The second-order valence-electron chi connectivity index (χ2n) is 3.79. The van der Waals surface area contributed by atoms with Gasteiger partial charge in [-0.25, -0.2) is 0 Å². The number of aromatic nitrogens is 1. The molecule has 1 aromatic heterocycles. The molecule has 0 fully saturated rings. The number of nitrogens with one attached hydrogen (secondary N) is 2. The molecule has 1 amide bonds. The van der Waals surface area contributed by atoms with Gasteiger partial charge in [0.25, 0.3) is 5.91 Å². The van der Waals surface area contributed by atoms with E-state index in [1.807, 2.05) is 0 Å². The van der Waals surface area contributed by atoms with Gasteiger partial charge in [-0.05, 0) is 19.3 Å². The molecule has 1 aromatic rings. The lowest BCUT2D eigenvalue weighted by molar-refractivity contribution is 0.0923. The van der Waals surface area contributed by atoms with Crippen LogP contribution in [0.25, 0.3) is 0 Å². The summed E-state index contributed by atoms with van der Waals surface area (Å²) in [5.74, 6) is 5.57. The van der Waals surface area contributed by atoms with Gasteiger partial charge in [-0.3, -0.25) is 16.1 Å². The number of carbonyl (C=O) groups excluding carboxylic acids is 1. The highest BCUT2D eigenvalue weighted by Crippen LogP contribution is 2.27. The van der Waals surface area contributed by atoms with Gasteiger partial charge in [-0.15, -0.1) is 12.4 Å². The Morgan fingerprint density at radius 2 is 2.24 bits per heavy atom. The van der Waals surface area contributed by atoms with Crippen molar-refractivity contribution < 1.29 is 9.32 Å². The van der Waals surface area contributed by atoms with Gasteiger partial charge in [-0.2, -0.15) is 5.53 Å². The number of carbonyl (C=O) groups is 1. The number of aryl methyl sites for hydroxylation is 1. The Labute approximate surface area is 107 Å². The van der Waals surface area contributed by atoms with Crippen molar-refractivity contribution in [1.29, 1.82) is 0 Å². The summed E-state index contributed by atoms with van der Waals surface area (Å²) in [5.41, 5.74) is 5.53. The molecule has 0 radical (unpaired) electrons. The topological polar surface area (TPSA) is 93.2 Å². The lowest BCUT2D eigenvalue weighted by Crippen LogP contribution is -2.42. The van der Waals surface area contributed by atoms with Crippen molar-refractivity contribution in [3.63, 3.8) is 0 Å². The summed E-state index contributed by atoms with van der Waals surface area (Å²) < 4.78 is 5.05. The summed E-state index contributed by atoms with van der Waals surface area (Å²) in [7, 11) is 0. The van der Waals surface area contributed by atoms with E-state index >= 15 is 0 Å². The van der Waals surface area contributed by atoms with Crippen LogP contribution in [-0.4, -0.2) is 11.1 Å². The van der Waals surface area contributed by atoms with Gasteiger partial charge in [-0.1, -0.05) is 25.4 Å². The second-order valence-corrected chi connectivity index (χ2v) is 3.79. The molecule has 0 aromatic carbocycles. The summed E-state index contributed by atoms with van der Waals surface area (Å²) >= 11 is 0. The van der Waals surface area contributed by atoms with Crippen LogP contribution >= 0.6 is 12.4 Å². The lowest BCUT2D eigenvalue weighted by Gasteiger charge is -2.10. The zero-order valence-corrected chi connectivity index (χ0v) is 11.1. The number of halogens is 1. The minimum absolute atomic E-state index is 0. The molecule has 1 heterocycles. The normalized spacial score (nSPS) is 11.8. The number of rotatable bonds is 5.